The molecule has 1 heterocycles. The molecule has 0 bridgehead atoms. The standard InChI is InChI=1S/C20H21FN4OS2/c1-13(16-8-10-17(21)11-9-16)23-18(26)14(2)27-20-25-24-19(28-20)22-12-15-6-4-3-5-7-15/h3-11,13-14H,12H2,1-2H3,(H,22,24)(H,23,26)/t13-,14-/m0/s1. The number of carbonyl (C=O) groups is 1. The summed E-state index contributed by atoms with van der Waals surface area (Å²) in [6, 6.07) is 16.0. The number of hydrogen-bond acceptors (Lipinski definition) is 6. The molecule has 3 rings (SSSR count). The molecular formula is C20H21FN4OS2. The van der Waals surface area contributed by atoms with Crippen LogP contribution in [0, 0.1) is 5.82 Å². The molecule has 0 fully saturated rings. The molecule has 0 saturated heterocycles. The molecule has 0 radical (unpaired) electrons. The van der Waals surface area contributed by atoms with E-state index < -0.39 is 0 Å². The Kier molecular flexibility index (Phi) is 7.00. The predicted octanol–water partition coefficient (Wildman–Crippen LogP) is 4.65. The summed E-state index contributed by atoms with van der Waals surface area (Å²) in [4.78, 5) is 12.5. The van der Waals surface area contributed by atoms with Crippen LogP contribution in [0.3, 0.4) is 0 Å². The molecule has 28 heavy (non-hydrogen) atoms. The Balaban J connectivity index is 1.49. The second-order valence-corrected chi connectivity index (χ2v) is 8.82. The number of nitrogens with one attached hydrogen (secondary N) is 2. The summed E-state index contributed by atoms with van der Waals surface area (Å²) >= 11 is 2.79. The maximum atomic E-state index is 13.0. The van der Waals surface area contributed by atoms with Crippen LogP contribution >= 0.6 is 23.1 Å². The Morgan fingerprint density at radius 2 is 1.82 bits per heavy atom. The molecule has 1 amide bonds. The Bertz CT molecular complexity index is 902. The van der Waals surface area contributed by atoms with Gasteiger partial charge < -0.3 is 10.6 Å². The summed E-state index contributed by atoms with van der Waals surface area (Å²) in [6.45, 7) is 4.38. The molecule has 2 atom stereocenters. The van der Waals surface area contributed by atoms with Gasteiger partial charge in [0.05, 0.1) is 11.3 Å². The second kappa shape index (κ2) is 9.66. The van der Waals surface area contributed by atoms with Crippen LogP contribution < -0.4 is 10.6 Å². The van der Waals surface area contributed by atoms with Crippen molar-refractivity contribution in [2.75, 3.05) is 5.32 Å². The monoisotopic (exact) mass is 416 g/mol. The van der Waals surface area contributed by atoms with Crippen LogP contribution in [0.4, 0.5) is 9.52 Å². The summed E-state index contributed by atoms with van der Waals surface area (Å²) in [6.07, 6.45) is 0. The zero-order valence-corrected chi connectivity index (χ0v) is 17.2. The largest absolute Gasteiger partial charge is 0.356 e. The van der Waals surface area contributed by atoms with Gasteiger partial charge in [0.2, 0.25) is 11.0 Å². The van der Waals surface area contributed by atoms with Gasteiger partial charge in [0.15, 0.2) is 4.34 Å². The molecule has 0 aliphatic carbocycles. The number of benzene rings is 2. The van der Waals surface area contributed by atoms with E-state index in [2.05, 4.69) is 20.8 Å². The van der Waals surface area contributed by atoms with Gasteiger partial charge in [-0.3, -0.25) is 4.79 Å². The van der Waals surface area contributed by atoms with Crippen molar-refractivity contribution in [3.63, 3.8) is 0 Å². The van der Waals surface area contributed by atoms with Gasteiger partial charge in [-0.1, -0.05) is 65.6 Å². The molecule has 2 N–H and O–H groups in total. The minimum atomic E-state index is -0.321. The zero-order valence-electron chi connectivity index (χ0n) is 15.6. The Hall–Kier alpha value is -2.45. The normalized spacial score (nSPS) is 13.0. The first-order valence-electron chi connectivity index (χ1n) is 8.85. The molecule has 3 aromatic rings. The zero-order chi connectivity index (χ0) is 19.9. The number of aromatic nitrogens is 2. The van der Waals surface area contributed by atoms with Crippen LogP contribution in [0.1, 0.15) is 31.0 Å². The highest BCUT2D eigenvalue weighted by atomic mass is 32.2. The lowest BCUT2D eigenvalue weighted by Crippen LogP contribution is -2.33. The van der Waals surface area contributed by atoms with Gasteiger partial charge in [0.1, 0.15) is 5.82 Å². The van der Waals surface area contributed by atoms with Gasteiger partial charge in [-0.15, -0.1) is 10.2 Å². The van der Waals surface area contributed by atoms with E-state index in [1.54, 1.807) is 12.1 Å². The lowest BCUT2D eigenvalue weighted by molar-refractivity contribution is -0.120. The van der Waals surface area contributed by atoms with Gasteiger partial charge in [-0.2, -0.15) is 0 Å². The van der Waals surface area contributed by atoms with E-state index in [0.29, 0.717) is 6.54 Å². The molecule has 146 valence electrons. The lowest BCUT2D eigenvalue weighted by atomic mass is 10.1. The molecule has 1 aromatic heterocycles. The highest BCUT2D eigenvalue weighted by Gasteiger charge is 2.19. The lowest BCUT2D eigenvalue weighted by Gasteiger charge is -2.17. The van der Waals surface area contributed by atoms with E-state index in [9.17, 15) is 9.18 Å². The van der Waals surface area contributed by atoms with Gasteiger partial charge in [-0.25, -0.2) is 4.39 Å². The van der Waals surface area contributed by atoms with Gasteiger partial charge in [-0.05, 0) is 37.1 Å². The molecule has 0 aliphatic heterocycles. The van der Waals surface area contributed by atoms with Crippen LogP contribution in [0.15, 0.2) is 58.9 Å². The average Bonchev–Trinajstić information content (AvgIpc) is 3.15. The minimum Gasteiger partial charge on any atom is -0.356 e. The van der Waals surface area contributed by atoms with Gasteiger partial charge in [0, 0.05) is 6.54 Å². The number of thioether (sulfide) groups is 1. The van der Waals surface area contributed by atoms with E-state index in [4.69, 9.17) is 0 Å². The van der Waals surface area contributed by atoms with Crippen molar-refractivity contribution in [1.29, 1.82) is 0 Å². The number of anilines is 1. The molecule has 0 spiro atoms. The SMILES string of the molecule is C[C@H](Sc1nnc(NCc2ccccc2)s1)C(=O)N[C@@H](C)c1ccc(F)cc1. The molecular weight excluding hydrogens is 395 g/mol. The quantitative estimate of drug-likeness (QED) is 0.524. The van der Waals surface area contributed by atoms with E-state index in [1.807, 2.05) is 44.2 Å². The molecule has 2 aromatic carbocycles. The van der Waals surface area contributed by atoms with Crippen LogP contribution in [0.5, 0.6) is 0 Å². The van der Waals surface area contributed by atoms with Gasteiger partial charge >= 0.3 is 0 Å². The van der Waals surface area contributed by atoms with Crippen molar-refractivity contribution < 1.29 is 9.18 Å². The minimum absolute atomic E-state index is 0.101. The third kappa shape index (κ3) is 5.77. The molecule has 8 heteroatoms. The van der Waals surface area contributed by atoms with Crippen LogP contribution in [0.2, 0.25) is 0 Å². The summed E-state index contributed by atoms with van der Waals surface area (Å²) in [5.41, 5.74) is 2.02. The molecule has 0 aliphatic rings. The van der Waals surface area contributed by atoms with Crippen molar-refractivity contribution in [2.24, 2.45) is 0 Å². The second-order valence-electron chi connectivity index (χ2n) is 6.25. The van der Waals surface area contributed by atoms with Crippen molar-refractivity contribution in [3.05, 3.63) is 71.5 Å². The third-order valence-electron chi connectivity index (χ3n) is 4.07. The van der Waals surface area contributed by atoms with Crippen LogP contribution in [0.25, 0.3) is 0 Å². The number of halogens is 1. The highest BCUT2D eigenvalue weighted by Crippen LogP contribution is 2.29. The van der Waals surface area contributed by atoms with E-state index >= 15 is 0 Å². The van der Waals surface area contributed by atoms with Crippen LogP contribution in [-0.4, -0.2) is 21.4 Å². The van der Waals surface area contributed by atoms with Crippen molar-refractivity contribution in [3.8, 4) is 0 Å². The Morgan fingerprint density at radius 3 is 2.54 bits per heavy atom. The third-order valence-corrected chi connectivity index (χ3v) is 6.13. The van der Waals surface area contributed by atoms with Crippen molar-refractivity contribution in [1.82, 2.24) is 15.5 Å². The number of carbonyl (C=O) groups excluding carboxylic acids is 1. The highest BCUT2D eigenvalue weighted by molar-refractivity contribution is 8.02. The maximum absolute atomic E-state index is 13.0. The smallest absolute Gasteiger partial charge is 0.233 e. The van der Waals surface area contributed by atoms with E-state index in [1.165, 1.54) is 35.2 Å². The van der Waals surface area contributed by atoms with Crippen molar-refractivity contribution in [2.45, 2.75) is 36.0 Å². The molecule has 0 unspecified atom stereocenters. The van der Waals surface area contributed by atoms with Gasteiger partial charge in [0.25, 0.3) is 0 Å². The fourth-order valence-corrected chi connectivity index (χ4v) is 4.37. The van der Waals surface area contributed by atoms with E-state index in [-0.39, 0.29) is 23.0 Å². The first kappa shape index (κ1) is 20.3. The first-order chi connectivity index (χ1) is 13.5. The fraction of sp³-hybridized carbons (Fsp3) is 0.250. The number of rotatable bonds is 8. The fourth-order valence-electron chi connectivity index (χ4n) is 2.47. The maximum Gasteiger partial charge on any atom is 0.233 e. The Morgan fingerprint density at radius 1 is 1.11 bits per heavy atom. The summed E-state index contributed by atoms with van der Waals surface area (Å²) in [5, 5.41) is 14.9. The molecule has 0 saturated carbocycles. The number of amides is 1. The topological polar surface area (TPSA) is 66.9 Å². The van der Waals surface area contributed by atoms with E-state index in [0.717, 1.165) is 20.6 Å². The predicted molar refractivity (Wildman–Crippen MR) is 112 cm³/mol. The molecule has 5 nitrogen and oxygen atoms in total. The number of nitrogens with zero attached hydrogens (tertiary/aromatic N) is 2. The summed E-state index contributed by atoms with van der Waals surface area (Å²) < 4.78 is 13.8. The Labute approximate surface area is 171 Å². The first-order valence-corrected chi connectivity index (χ1v) is 10.5. The average molecular weight is 417 g/mol. The van der Waals surface area contributed by atoms with Crippen molar-refractivity contribution >= 4 is 34.1 Å². The summed E-state index contributed by atoms with van der Waals surface area (Å²) in [5.74, 6) is -0.394. The number of hydrogen-bond donors (Lipinski definition) is 2. The van der Waals surface area contributed by atoms with Crippen LogP contribution in [-0.2, 0) is 11.3 Å². The summed E-state index contributed by atoms with van der Waals surface area (Å²) in [7, 11) is 0.